The number of nitrogens with one attached hydrogen (secondary N) is 2. The van der Waals surface area contributed by atoms with Gasteiger partial charge in [-0.15, -0.1) is 11.3 Å². The molecule has 0 saturated carbocycles. The molecule has 1 atom stereocenters. The van der Waals surface area contributed by atoms with Gasteiger partial charge in [-0.1, -0.05) is 17.7 Å². The van der Waals surface area contributed by atoms with Gasteiger partial charge in [-0.05, 0) is 43.7 Å². The number of anilines is 1. The number of thiazole rings is 1. The van der Waals surface area contributed by atoms with Gasteiger partial charge < -0.3 is 10.1 Å². The minimum absolute atomic E-state index is 0.0440. The summed E-state index contributed by atoms with van der Waals surface area (Å²) in [6.45, 7) is 1.76. The van der Waals surface area contributed by atoms with Crippen LogP contribution in [0.25, 0.3) is 0 Å². The molecule has 1 amide bonds. The lowest BCUT2D eigenvalue weighted by molar-refractivity contribution is -0.117. The van der Waals surface area contributed by atoms with E-state index >= 15 is 0 Å². The minimum atomic E-state index is -0.0440. The fourth-order valence-electron chi connectivity index (χ4n) is 3.49. The average molecular weight is 432 g/mol. The number of carbonyl (C=O) groups is 1. The molecule has 0 radical (unpaired) electrons. The molecular formula is C20H22ClN5O2S. The Morgan fingerprint density at radius 3 is 3.17 bits per heavy atom. The highest BCUT2D eigenvalue weighted by molar-refractivity contribution is 7.13. The van der Waals surface area contributed by atoms with E-state index in [1.54, 1.807) is 12.3 Å². The lowest BCUT2D eigenvalue weighted by Crippen LogP contribution is -2.33. The maximum atomic E-state index is 12.3. The summed E-state index contributed by atoms with van der Waals surface area (Å²) in [5, 5.41) is 13.6. The van der Waals surface area contributed by atoms with Gasteiger partial charge in [0, 0.05) is 28.7 Å². The highest BCUT2D eigenvalue weighted by Crippen LogP contribution is 2.31. The number of rotatable bonds is 8. The van der Waals surface area contributed by atoms with Crippen LogP contribution in [-0.4, -0.2) is 45.7 Å². The van der Waals surface area contributed by atoms with Crippen LogP contribution in [0.5, 0.6) is 5.75 Å². The number of H-pyrrole nitrogens is 1. The second-order valence-electron chi connectivity index (χ2n) is 6.89. The zero-order valence-corrected chi connectivity index (χ0v) is 17.4. The predicted octanol–water partition coefficient (Wildman–Crippen LogP) is 3.92. The maximum Gasteiger partial charge on any atom is 0.240 e. The van der Waals surface area contributed by atoms with E-state index in [1.165, 1.54) is 11.3 Å². The van der Waals surface area contributed by atoms with Crippen LogP contribution < -0.4 is 10.1 Å². The van der Waals surface area contributed by atoms with E-state index in [-0.39, 0.29) is 11.9 Å². The molecule has 29 heavy (non-hydrogen) atoms. The number of likely N-dealkylation sites (tertiary alicyclic amines) is 1. The van der Waals surface area contributed by atoms with Gasteiger partial charge in [0.15, 0.2) is 5.13 Å². The van der Waals surface area contributed by atoms with E-state index < -0.39 is 0 Å². The van der Waals surface area contributed by atoms with E-state index in [0.717, 1.165) is 42.9 Å². The van der Waals surface area contributed by atoms with Crippen LogP contribution in [-0.2, 0) is 11.2 Å². The van der Waals surface area contributed by atoms with Crippen molar-refractivity contribution in [2.24, 2.45) is 0 Å². The number of ether oxygens (including phenoxy) is 1. The topological polar surface area (TPSA) is 83.1 Å². The Morgan fingerprint density at radius 2 is 2.34 bits per heavy atom. The molecule has 2 aromatic heterocycles. The van der Waals surface area contributed by atoms with Crippen LogP contribution in [0.2, 0.25) is 5.02 Å². The van der Waals surface area contributed by atoms with E-state index in [1.807, 2.05) is 23.6 Å². The summed E-state index contributed by atoms with van der Waals surface area (Å²) in [4.78, 5) is 18.6. The molecule has 1 aromatic carbocycles. The number of aromatic nitrogens is 3. The van der Waals surface area contributed by atoms with Crippen LogP contribution in [0.1, 0.15) is 30.3 Å². The van der Waals surface area contributed by atoms with Crippen LogP contribution >= 0.6 is 22.9 Å². The van der Waals surface area contributed by atoms with Crippen molar-refractivity contribution < 1.29 is 9.53 Å². The summed E-state index contributed by atoms with van der Waals surface area (Å²) in [7, 11) is 0. The van der Waals surface area contributed by atoms with E-state index in [0.29, 0.717) is 23.3 Å². The number of hydrogen-bond acceptors (Lipinski definition) is 6. The van der Waals surface area contributed by atoms with E-state index in [4.69, 9.17) is 16.3 Å². The molecule has 9 heteroatoms. The third kappa shape index (κ3) is 5.35. The first-order valence-electron chi connectivity index (χ1n) is 9.53. The first-order valence-corrected chi connectivity index (χ1v) is 10.8. The van der Waals surface area contributed by atoms with Crippen LogP contribution in [0.15, 0.2) is 41.9 Å². The Balaban J connectivity index is 1.30. The van der Waals surface area contributed by atoms with Crippen molar-refractivity contribution in [2.45, 2.75) is 25.3 Å². The standard InChI is InChI=1S/C20H22ClN5O2S/c21-14-3-1-4-16(11-14)28-9-6-15-12-17(25-24-15)18-5-2-8-26(18)13-19(27)23-20-22-7-10-29-20/h1,3-4,7,10-12,18H,2,5-6,8-9,13H2,(H,24,25)(H,22,23,27)/t18-/m1/s1. The molecule has 0 spiro atoms. The molecule has 0 bridgehead atoms. The number of aromatic amines is 1. The third-order valence-corrected chi connectivity index (χ3v) is 5.74. The first kappa shape index (κ1) is 19.9. The summed E-state index contributed by atoms with van der Waals surface area (Å²) in [6, 6.07) is 9.59. The number of nitrogens with zero attached hydrogens (tertiary/aromatic N) is 3. The largest absolute Gasteiger partial charge is 0.493 e. The molecule has 4 rings (SSSR count). The van der Waals surface area contributed by atoms with Crippen LogP contribution in [0, 0.1) is 0 Å². The van der Waals surface area contributed by atoms with E-state index in [2.05, 4.69) is 31.5 Å². The highest BCUT2D eigenvalue weighted by Gasteiger charge is 2.29. The Bertz CT molecular complexity index is 946. The average Bonchev–Trinajstić information content (AvgIpc) is 3.44. The smallest absolute Gasteiger partial charge is 0.240 e. The zero-order chi connectivity index (χ0) is 20.1. The van der Waals surface area contributed by atoms with Crippen LogP contribution in [0.4, 0.5) is 5.13 Å². The number of benzene rings is 1. The Labute approximate surface area is 178 Å². The number of halogens is 1. The Morgan fingerprint density at radius 1 is 1.41 bits per heavy atom. The molecule has 1 saturated heterocycles. The third-order valence-electron chi connectivity index (χ3n) is 4.82. The molecule has 0 aliphatic carbocycles. The quantitative estimate of drug-likeness (QED) is 0.564. The molecule has 0 unspecified atom stereocenters. The zero-order valence-electron chi connectivity index (χ0n) is 15.8. The summed E-state index contributed by atoms with van der Waals surface area (Å²) < 4.78 is 5.75. The molecule has 1 aliphatic rings. The predicted molar refractivity (Wildman–Crippen MR) is 114 cm³/mol. The Kier molecular flexibility index (Phi) is 6.43. The Hall–Kier alpha value is -2.42. The van der Waals surface area contributed by atoms with Crippen LogP contribution in [0.3, 0.4) is 0 Å². The highest BCUT2D eigenvalue weighted by atomic mass is 35.5. The molecule has 2 N–H and O–H groups in total. The van der Waals surface area contributed by atoms with Gasteiger partial charge in [0.1, 0.15) is 5.75 Å². The lowest BCUT2D eigenvalue weighted by Gasteiger charge is -2.21. The molecule has 3 aromatic rings. The monoisotopic (exact) mass is 431 g/mol. The second kappa shape index (κ2) is 9.39. The number of amides is 1. The maximum absolute atomic E-state index is 12.3. The number of hydrogen-bond donors (Lipinski definition) is 2. The van der Waals surface area contributed by atoms with Crippen molar-refractivity contribution in [1.29, 1.82) is 0 Å². The van der Waals surface area contributed by atoms with Gasteiger partial charge in [0.25, 0.3) is 0 Å². The van der Waals surface area contributed by atoms with Crippen molar-refractivity contribution in [3.05, 3.63) is 58.3 Å². The van der Waals surface area contributed by atoms with Gasteiger partial charge in [-0.3, -0.25) is 14.8 Å². The van der Waals surface area contributed by atoms with Crippen molar-refractivity contribution in [3.63, 3.8) is 0 Å². The molecule has 152 valence electrons. The van der Waals surface area contributed by atoms with Gasteiger partial charge in [0.05, 0.1) is 24.9 Å². The molecule has 7 nitrogen and oxygen atoms in total. The second-order valence-corrected chi connectivity index (χ2v) is 8.22. The fourth-order valence-corrected chi connectivity index (χ4v) is 4.22. The molecule has 3 heterocycles. The van der Waals surface area contributed by atoms with Crippen molar-refractivity contribution in [3.8, 4) is 5.75 Å². The minimum Gasteiger partial charge on any atom is -0.493 e. The summed E-state index contributed by atoms with van der Waals surface area (Å²) in [6.07, 6.45) is 4.44. The van der Waals surface area contributed by atoms with Gasteiger partial charge in [-0.25, -0.2) is 4.98 Å². The summed E-state index contributed by atoms with van der Waals surface area (Å²) >= 11 is 7.39. The van der Waals surface area contributed by atoms with Gasteiger partial charge in [0.2, 0.25) is 5.91 Å². The summed E-state index contributed by atoms with van der Waals surface area (Å²) in [5.74, 6) is 0.711. The van der Waals surface area contributed by atoms with E-state index in [9.17, 15) is 4.79 Å². The van der Waals surface area contributed by atoms with Crippen molar-refractivity contribution in [2.75, 3.05) is 25.0 Å². The SMILES string of the molecule is O=C(CN1CCC[C@@H]1c1cc(CCOc2cccc(Cl)c2)[nH]n1)Nc1nccs1. The van der Waals surface area contributed by atoms with Gasteiger partial charge in [-0.2, -0.15) is 5.10 Å². The first-order chi connectivity index (χ1) is 14.2. The van der Waals surface area contributed by atoms with Crippen molar-refractivity contribution >= 4 is 34.0 Å². The van der Waals surface area contributed by atoms with Crippen molar-refractivity contribution in [1.82, 2.24) is 20.1 Å². The molecule has 1 aliphatic heterocycles. The lowest BCUT2D eigenvalue weighted by atomic mass is 10.1. The normalized spacial score (nSPS) is 16.8. The number of carbonyl (C=O) groups excluding carboxylic acids is 1. The fraction of sp³-hybridized carbons (Fsp3) is 0.350. The molecular weight excluding hydrogens is 410 g/mol. The summed E-state index contributed by atoms with van der Waals surface area (Å²) in [5.41, 5.74) is 1.99. The molecule has 1 fully saturated rings. The van der Waals surface area contributed by atoms with Gasteiger partial charge >= 0.3 is 0 Å².